The molecule has 0 aromatic heterocycles. The molecule has 0 aliphatic carbocycles. The van der Waals surface area contributed by atoms with Gasteiger partial charge in [-0.25, -0.2) is 0 Å². The van der Waals surface area contributed by atoms with Crippen LogP contribution in [0.1, 0.15) is 44.9 Å². The van der Waals surface area contributed by atoms with Gasteiger partial charge in [-0.05, 0) is 45.7 Å². The molecule has 0 spiro atoms. The van der Waals surface area contributed by atoms with Gasteiger partial charge in [0.25, 0.3) is 0 Å². The zero-order valence-electron chi connectivity index (χ0n) is 14.3. The summed E-state index contributed by atoms with van der Waals surface area (Å²) in [7, 11) is 0. The summed E-state index contributed by atoms with van der Waals surface area (Å²) in [5.74, 6) is 0. The molecule has 2 unspecified atom stereocenters. The van der Waals surface area contributed by atoms with Crippen LogP contribution in [0, 0.1) is 6.92 Å². The van der Waals surface area contributed by atoms with Gasteiger partial charge in [-0.15, -0.1) is 0 Å². The van der Waals surface area contributed by atoms with E-state index >= 15 is 0 Å². The van der Waals surface area contributed by atoms with Crippen molar-refractivity contribution >= 4 is 0 Å². The first-order valence-corrected chi connectivity index (χ1v) is 8.11. The molecule has 1 aliphatic rings. The number of benzene rings is 1. The molecule has 1 aliphatic heterocycles. The van der Waals surface area contributed by atoms with Crippen molar-refractivity contribution in [3.63, 3.8) is 0 Å². The topological polar surface area (TPSA) is 32.5 Å². The molecule has 118 valence electrons. The molecule has 2 rings (SSSR count). The third-order valence-corrected chi connectivity index (χ3v) is 4.66. The number of aryl methyl sites for hydroxylation is 1. The highest BCUT2D eigenvalue weighted by Gasteiger charge is 2.31. The molecule has 1 saturated heterocycles. The van der Waals surface area contributed by atoms with Crippen LogP contribution in [0.2, 0.25) is 0 Å². The van der Waals surface area contributed by atoms with Gasteiger partial charge in [0.15, 0.2) is 0 Å². The first-order chi connectivity index (χ1) is 9.80. The molecule has 1 aromatic carbocycles. The molecule has 1 fully saturated rings. The van der Waals surface area contributed by atoms with Crippen LogP contribution in [0.3, 0.4) is 0 Å². The Bertz CT molecular complexity index is 454. The summed E-state index contributed by atoms with van der Waals surface area (Å²) in [5.41, 5.74) is 9.33. The minimum absolute atomic E-state index is 0.146. The van der Waals surface area contributed by atoms with Crippen LogP contribution in [0.4, 0.5) is 0 Å². The Morgan fingerprint density at radius 1 is 1.05 bits per heavy atom. The van der Waals surface area contributed by atoms with Crippen LogP contribution in [-0.4, -0.2) is 47.6 Å². The van der Waals surface area contributed by atoms with E-state index in [-0.39, 0.29) is 11.6 Å². The SMILES string of the molecule is Cc1ccccc1C(C(C)N)N1CCN(C(C)(C)C)CC1. The van der Waals surface area contributed by atoms with E-state index in [1.165, 1.54) is 11.1 Å². The molecule has 0 radical (unpaired) electrons. The van der Waals surface area contributed by atoms with Crippen molar-refractivity contribution in [2.75, 3.05) is 26.2 Å². The Hall–Kier alpha value is -0.900. The third kappa shape index (κ3) is 3.85. The van der Waals surface area contributed by atoms with E-state index in [0.717, 1.165) is 26.2 Å². The normalized spacial score (nSPS) is 21.2. The Labute approximate surface area is 130 Å². The van der Waals surface area contributed by atoms with Crippen LogP contribution < -0.4 is 5.73 Å². The number of hydrogen-bond acceptors (Lipinski definition) is 3. The lowest BCUT2D eigenvalue weighted by atomic mass is 9.94. The fraction of sp³-hybridized carbons (Fsp3) is 0.667. The molecule has 1 heterocycles. The summed E-state index contributed by atoms with van der Waals surface area (Å²) in [6.45, 7) is 15.7. The number of nitrogens with zero attached hydrogens (tertiary/aromatic N) is 2. The maximum atomic E-state index is 6.33. The average molecular weight is 289 g/mol. The van der Waals surface area contributed by atoms with Crippen LogP contribution in [0.25, 0.3) is 0 Å². The van der Waals surface area contributed by atoms with Crippen molar-refractivity contribution in [2.24, 2.45) is 5.73 Å². The van der Waals surface area contributed by atoms with Gasteiger partial charge in [0.1, 0.15) is 0 Å². The molecular formula is C18H31N3. The largest absolute Gasteiger partial charge is 0.326 e. The maximum Gasteiger partial charge on any atom is 0.0500 e. The molecule has 0 saturated carbocycles. The van der Waals surface area contributed by atoms with Gasteiger partial charge in [0.2, 0.25) is 0 Å². The lowest BCUT2D eigenvalue weighted by molar-refractivity contribution is 0.0368. The van der Waals surface area contributed by atoms with Crippen molar-refractivity contribution in [3.8, 4) is 0 Å². The fourth-order valence-electron chi connectivity index (χ4n) is 3.40. The standard InChI is InChI=1S/C18H31N3/c1-14-8-6-7-9-16(14)17(15(2)19)20-10-12-21(13-11-20)18(3,4)5/h6-9,15,17H,10-13,19H2,1-5H3. The Kier molecular flexibility index (Phi) is 5.07. The maximum absolute atomic E-state index is 6.33. The molecule has 3 nitrogen and oxygen atoms in total. The molecule has 0 bridgehead atoms. The predicted octanol–water partition coefficient (Wildman–Crippen LogP) is 2.80. The van der Waals surface area contributed by atoms with Crippen molar-refractivity contribution in [3.05, 3.63) is 35.4 Å². The van der Waals surface area contributed by atoms with Gasteiger partial charge >= 0.3 is 0 Å². The Morgan fingerprint density at radius 2 is 1.62 bits per heavy atom. The molecule has 2 atom stereocenters. The highest BCUT2D eigenvalue weighted by molar-refractivity contribution is 5.30. The van der Waals surface area contributed by atoms with E-state index in [1.807, 2.05) is 0 Å². The van der Waals surface area contributed by atoms with Gasteiger partial charge in [0.05, 0.1) is 0 Å². The van der Waals surface area contributed by atoms with Crippen molar-refractivity contribution in [1.29, 1.82) is 0 Å². The summed E-state index contributed by atoms with van der Waals surface area (Å²) in [5, 5.41) is 0. The first kappa shape index (κ1) is 16.5. The van der Waals surface area contributed by atoms with Crippen LogP contribution in [0.15, 0.2) is 24.3 Å². The average Bonchev–Trinajstić information content (AvgIpc) is 2.40. The minimum Gasteiger partial charge on any atom is -0.326 e. The second kappa shape index (κ2) is 6.47. The number of rotatable bonds is 3. The first-order valence-electron chi connectivity index (χ1n) is 8.11. The van der Waals surface area contributed by atoms with Crippen molar-refractivity contribution < 1.29 is 0 Å². The van der Waals surface area contributed by atoms with E-state index in [1.54, 1.807) is 0 Å². The zero-order chi connectivity index (χ0) is 15.6. The quantitative estimate of drug-likeness (QED) is 0.929. The highest BCUT2D eigenvalue weighted by atomic mass is 15.3. The van der Waals surface area contributed by atoms with Gasteiger partial charge < -0.3 is 5.73 Å². The van der Waals surface area contributed by atoms with Crippen LogP contribution in [-0.2, 0) is 0 Å². The summed E-state index contributed by atoms with van der Waals surface area (Å²) >= 11 is 0. The smallest absolute Gasteiger partial charge is 0.0500 e. The Balaban J connectivity index is 2.13. The van der Waals surface area contributed by atoms with E-state index in [0.29, 0.717) is 6.04 Å². The van der Waals surface area contributed by atoms with E-state index in [9.17, 15) is 0 Å². The highest BCUT2D eigenvalue weighted by Crippen LogP contribution is 2.28. The van der Waals surface area contributed by atoms with Crippen LogP contribution >= 0.6 is 0 Å². The number of nitrogens with two attached hydrogens (primary N) is 1. The van der Waals surface area contributed by atoms with E-state index in [2.05, 4.69) is 68.7 Å². The van der Waals surface area contributed by atoms with Crippen molar-refractivity contribution in [2.45, 2.75) is 52.2 Å². The molecule has 0 amide bonds. The second-order valence-electron chi connectivity index (χ2n) is 7.35. The van der Waals surface area contributed by atoms with E-state index < -0.39 is 0 Å². The van der Waals surface area contributed by atoms with Crippen LogP contribution in [0.5, 0.6) is 0 Å². The van der Waals surface area contributed by atoms with E-state index in [4.69, 9.17) is 5.73 Å². The monoisotopic (exact) mass is 289 g/mol. The molecule has 21 heavy (non-hydrogen) atoms. The fourth-order valence-corrected chi connectivity index (χ4v) is 3.40. The Morgan fingerprint density at radius 3 is 2.10 bits per heavy atom. The second-order valence-corrected chi connectivity index (χ2v) is 7.35. The summed E-state index contributed by atoms with van der Waals surface area (Å²) < 4.78 is 0. The van der Waals surface area contributed by atoms with Gasteiger partial charge in [-0.2, -0.15) is 0 Å². The number of hydrogen-bond donors (Lipinski definition) is 1. The molecular weight excluding hydrogens is 258 g/mol. The predicted molar refractivity (Wildman–Crippen MR) is 90.5 cm³/mol. The van der Waals surface area contributed by atoms with Gasteiger partial charge in [-0.3, -0.25) is 9.80 Å². The van der Waals surface area contributed by atoms with Gasteiger partial charge in [-0.1, -0.05) is 24.3 Å². The molecule has 2 N–H and O–H groups in total. The lowest BCUT2D eigenvalue weighted by Crippen LogP contribution is -2.55. The minimum atomic E-state index is 0.146. The summed E-state index contributed by atoms with van der Waals surface area (Å²) in [6.07, 6.45) is 0. The molecule has 3 heteroatoms. The lowest BCUT2D eigenvalue weighted by Gasteiger charge is -2.45. The van der Waals surface area contributed by atoms with Crippen molar-refractivity contribution in [1.82, 2.24) is 9.80 Å². The van der Waals surface area contributed by atoms with Gasteiger partial charge in [0, 0.05) is 43.8 Å². The number of piperazine rings is 1. The summed E-state index contributed by atoms with van der Waals surface area (Å²) in [6, 6.07) is 9.13. The summed E-state index contributed by atoms with van der Waals surface area (Å²) in [4.78, 5) is 5.13. The zero-order valence-corrected chi connectivity index (χ0v) is 14.3. The molecule has 1 aromatic rings. The third-order valence-electron chi connectivity index (χ3n) is 4.66.